The highest BCUT2D eigenvalue weighted by Crippen LogP contribution is 2.15. The molecule has 0 bridgehead atoms. The first-order chi connectivity index (χ1) is 16.2. The average Bonchev–Trinajstić information content (AvgIpc) is 3.29. The zero-order valence-electron chi connectivity index (χ0n) is 18.1. The Hall–Kier alpha value is -4.04. The van der Waals surface area contributed by atoms with Gasteiger partial charge in [-0.1, -0.05) is 47.7 Å². The van der Waals surface area contributed by atoms with Crippen LogP contribution in [0.3, 0.4) is 0 Å². The SMILES string of the molecule is O=C(Nc1ccccc1)c1cccc(CN2CCN(C(=O)n3nnc4ccccc43)CC2)c1. The largest absolute Gasteiger partial charge is 0.346 e. The second-order valence-electron chi connectivity index (χ2n) is 8.06. The number of fused-ring (bicyclic) bond motifs is 1. The lowest BCUT2D eigenvalue weighted by Crippen LogP contribution is -2.49. The van der Waals surface area contributed by atoms with Crippen LogP contribution in [-0.4, -0.2) is 62.9 Å². The predicted octanol–water partition coefficient (Wildman–Crippen LogP) is 3.47. The van der Waals surface area contributed by atoms with Crippen molar-refractivity contribution in [3.63, 3.8) is 0 Å². The van der Waals surface area contributed by atoms with Crippen LogP contribution >= 0.6 is 0 Å². The number of para-hydroxylation sites is 2. The molecule has 1 N–H and O–H groups in total. The molecule has 8 heteroatoms. The number of anilines is 1. The topological polar surface area (TPSA) is 83.4 Å². The number of nitrogens with zero attached hydrogens (tertiary/aromatic N) is 5. The van der Waals surface area contributed by atoms with Gasteiger partial charge in [0.15, 0.2) is 0 Å². The summed E-state index contributed by atoms with van der Waals surface area (Å²) in [6.45, 7) is 3.45. The Balaban J connectivity index is 1.19. The van der Waals surface area contributed by atoms with E-state index in [0.29, 0.717) is 24.2 Å². The predicted molar refractivity (Wildman–Crippen MR) is 126 cm³/mol. The molecule has 1 saturated heterocycles. The molecule has 3 aromatic carbocycles. The molecule has 0 spiro atoms. The van der Waals surface area contributed by atoms with E-state index in [1.807, 2.05) is 78.9 Å². The molecule has 1 aliphatic heterocycles. The number of rotatable bonds is 4. The second kappa shape index (κ2) is 9.22. The van der Waals surface area contributed by atoms with Crippen molar-refractivity contribution in [2.75, 3.05) is 31.5 Å². The molecule has 0 aliphatic carbocycles. The van der Waals surface area contributed by atoms with E-state index in [-0.39, 0.29) is 11.9 Å². The minimum atomic E-state index is -0.150. The summed E-state index contributed by atoms with van der Waals surface area (Å²) in [4.78, 5) is 29.6. The molecule has 0 saturated carbocycles. The molecule has 0 atom stereocenters. The molecule has 166 valence electrons. The molecule has 2 amide bonds. The van der Waals surface area contributed by atoms with Crippen molar-refractivity contribution < 1.29 is 9.59 Å². The summed E-state index contributed by atoms with van der Waals surface area (Å²) in [5.74, 6) is -0.126. The normalized spacial score (nSPS) is 14.4. The molecular formula is C25H24N6O2. The highest BCUT2D eigenvalue weighted by Gasteiger charge is 2.24. The van der Waals surface area contributed by atoms with Gasteiger partial charge in [0.05, 0.1) is 5.52 Å². The maximum absolute atomic E-state index is 12.9. The van der Waals surface area contributed by atoms with E-state index in [2.05, 4.69) is 20.5 Å². The summed E-state index contributed by atoms with van der Waals surface area (Å²) < 4.78 is 1.37. The third kappa shape index (κ3) is 4.61. The Morgan fingerprint density at radius 1 is 0.848 bits per heavy atom. The number of hydrogen-bond acceptors (Lipinski definition) is 5. The Morgan fingerprint density at radius 3 is 2.42 bits per heavy atom. The van der Waals surface area contributed by atoms with E-state index in [0.717, 1.165) is 36.4 Å². The lowest BCUT2D eigenvalue weighted by molar-refractivity contribution is 0.102. The third-order valence-electron chi connectivity index (χ3n) is 5.80. The van der Waals surface area contributed by atoms with Crippen molar-refractivity contribution in [1.29, 1.82) is 0 Å². The Labute approximate surface area is 191 Å². The maximum Gasteiger partial charge on any atom is 0.346 e. The second-order valence-corrected chi connectivity index (χ2v) is 8.06. The van der Waals surface area contributed by atoms with Crippen molar-refractivity contribution in [1.82, 2.24) is 24.8 Å². The van der Waals surface area contributed by atoms with E-state index in [1.165, 1.54) is 4.68 Å². The number of benzene rings is 3. The van der Waals surface area contributed by atoms with Crippen LogP contribution in [0.4, 0.5) is 10.5 Å². The lowest BCUT2D eigenvalue weighted by Gasteiger charge is -2.34. The molecule has 2 heterocycles. The number of carbonyl (C=O) groups excluding carboxylic acids is 2. The van der Waals surface area contributed by atoms with Gasteiger partial charge in [0.1, 0.15) is 5.52 Å². The molecule has 8 nitrogen and oxygen atoms in total. The summed E-state index contributed by atoms with van der Waals surface area (Å²) in [5.41, 5.74) is 3.89. The van der Waals surface area contributed by atoms with Gasteiger partial charge in [-0.3, -0.25) is 9.69 Å². The van der Waals surface area contributed by atoms with Gasteiger partial charge in [0.2, 0.25) is 0 Å². The van der Waals surface area contributed by atoms with Crippen LogP contribution in [0.15, 0.2) is 78.9 Å². The van der Waals surface area contributed by atoms with Crippen LogP contribution in [0.25, 0.3) is 11.0 Å². The Kier molecular flexibility index (Phi) is 5.82. The quantitative estimate of drug-likeness (QED) is 0.525. The molecule has 1 aromatic heterocycles. The summed E-state index contributed by atoms with van der Waals surface area (Å²) in [6.07, 6.45) is 0. The number of aromatic nitrogens is 3. The number of amides is 2. The number of hydrogen-bond donors (Lipinski definition) is 1. The zero-order valence-corrected chi connectivity index (χ0v) is 18.1. The molecule has 1 aliphatic rings. The van der Waals surface area contributed by atoms with Crippen molar-refractivity contribution in [3.05, 3.63) is 90.0 Å². The standard InChI is InChI=1S/C25H24N6O2/c32-24(26-21-9-2-1-3-10-21)20-8-6-7-19(17-20)18-29-13-15-30(16-14-29)25(33)31-23-12-5-4-11-22(23)27-28-31/h1-12,17H,13-16,18H2,(H,26,32). The maximum atomic E-state index is 12.9. The Bertz CT molecular complexity index is 1280. The Morgan fingerprint density at radius 2 is 1.61 bits per heavy atom. The van der Waals surface area contributed by atoms with Gasteiger partial charge in [-0.25, -0.2) is 4.79 Å². The molecular weight excluding hydrogens is 416 g/mol. The molecule has 0 radical (unpaired) electrons. The minimum Gasteiger partial charge on any atom is -0.322 e. The van der Waals surface area contributed by atoms with Crippen molar-refractivity contribution in [3.8, 4) is 0 Å². The first-order valence-electron chi connectivity index (χ1n) is 10.9. The number of piperazine rings is 1. The smallest absolute Gasteiger partial charge is 0.322 e. The summed E-state index contributed by atoms with van der Waals surface area (Å²) in [5, 5.41) is 11.0. The van der Waals surface area contributed by atoms with E-state index >= 15 is 0 Å². The van der Waals surface area contributed by atoms with Gasteiger partial charge < -0.3 is 10.2 Å². The van der Waals surface area contributed by atoms with Crippen molar-refractivity contribution >= 4 is 28.7 Å². The number of carbonyl (C=O) groups is 2. The minimum absolute atomic E-state index is 0.126. The van der Waals surface area contributed by atoms with Gasteiger partial charge in [0, 0.05) is 44.0 Å². The lowest BCUT2D eigenvalue weighted by atomic mass is 10.1. The van der Waals surface area contributed by atoms with Crippen molar-refractivity contribution in [2.24, 2.45) is 0 Å². The highest BCUT2D eigenvalue weighted by molar-refractivity contribution is 6.04. The molecule has 0 unspecified atom stereocenters. The van der Waals surface area contributed by atoms with E-state index in [9.17, 15) is 9.59 Å². The van der Waals surface area contributed by atoms with Crippen LogP contribution in [0.1, 0.15) is 15.9 Å². The summed E-state index contributed by atoms with van der Waals surface area (Å²) >= 11 is 0. The molecule has 5 rings (SSSR count). The fourth-order valence-electron chi connectivity index (χ4n) is 4.04. The zero-order chi connectivity index (χ0) is 22.6. The van der Waals surface area contributed by atoms with Gasteiger partial charge >= 0.3 is 6.03 Å². The molecule has 33 heavy (non-hydrogen) atoms. The monoisotopic (exact) mass is 440 g/mol. The number of nitrogens with one attached hydrogen (secondary N) is 1. The van der Waals surface area contributed by atoms with Gasteiger partial charge in [-0.15, -0.1) is 5.10 Å². The highest BCUT2D eigenvalue weighted by atomic mass is 16.2. The van der Waals surface area contributed by atoms with Gasteiger partial charge in [0.25, 0.3) is 5.91 Å². The fourth-order valence-corrected chi connectivity index (χ4v) is 4.04. The van der Waals surface area contributed by atoms with Crippen molar-refractivity contribution in [2.45, 2.75) is 6.54 Å². The van der Waals surface area contributed by atoms with Crippen LogP contribution in [-0.2, 0) is 6.54 Å². The first kappa shape index (κ1) is 20.8. The van der Waals surface area contributed by atoms with Crippen LogP contribution in [0, 0.1) is 0 Å². The van der Waals surface area contributed by atoms with E-state index in [1.54, 1.807) is 4.90 Å². The van der Waals surface area contributed by atoms with Gasteiger partial charge in [-0.2, -0.15) is 4.68 Å². The van der Waals surface area contributed by atoms with Gasteiger partial charge in [-0.05, 0) is 42.0 Å². The third-order valence-corrected chi connectivity index (χ3v) is 5.80. The van der Waals surface area contributed by atoms with Crippen LogP contribution in [0.2, 0.25) is 0 Å². The fraction of sp³-hybridized carbons (Fsp3) is 0.200. The summed E-state index contributed by atoms with van der Waals surface area (Å²) in [6, 6.07) is 24.4. The summed E-state index contributed by atoms with van der Waals surface area (Å²) in [7, 11) is 0. The molecule has 1 fully saturated rings. The van der Waals surface area contributed by atoms with Crippen LogP contribution in [0.5, 0.6) is 0 Å². The average molecular weight is 441 g/mol. The molecule has 4 aromatic rings. The van der Waals surface area contributed by atoms with E-state index < -0.39 is 0 Å². The van der Waals surface area contributed by atoms with E-state index in [4.69, 9.17) is 0 Å². The first-order valence-corrected chi connectivity index (χ1v) is 10.9. The van der Waals surface area contributed by atoms with Crippen LogP contribution < -0.4 is 5.32 Å².